The van der Waals surface area contributed by atoms with Gasteiger partial charge in [-0.2, -0.15) is 13.2 Å². The lowest BCUT2D eigenvalue weighted by molar-refractivity contribution is -0.137. The molecule has 0 saturated heterocycles. The highest BCUT2D eigenvalue weighted by Gasteiger charge is 2.31. The van der Waals surface area contributed by atoms with E-state index in [1.807, 2.05) is 0 Å². The maximum Gasteiger partial charge on any atom is 0.416 e. The molecule has 4 nitrogen and oxygen atoms in total. The van der Waals surface area contributed by atoms with Crippen LogP contribution in [0.3, 0.4) is 0 Å². The fourth-order valence-corrected chi connectivity index (χ4v) is 2.95. The van der Waals surface area contributed by atoms with Gasteiger partial charge in [0.25, 0.3) is 0 Å². The summed E-state index contributed by atoms with van der Waals surface area (Å²) in [6, 6.07) is 9.82. The van der Waals surface area contributed by atoms with Crippen LogP contribution in [0.2, 0.25) is 0 Å². The fraction of sp³-hybridized carbons (Fsp3) is 0.200. The molecule has 0 aliphatic carbocycles. The summed E-state index contributed by atoms with van der Waals surface area (Å²) >= 11 is 0. The van der Waals surface area contributed by atoms with E-state index in [1.165, 1.54) is 26.4 Å². The number of carbonyl (C=O) groups excluding carboxylic acids is 1. The predicted molar refractivity (Wildman–Crippen MR) is 94.8 cm³/mol. The Bertz CT molecular complexity index is 1030. The number of nitrogens with zero attached hydrogens (tertiary/aromatic N) is 1. The topological polar surface area (TPSA) is 48.4 Å². The van der Waals surface area contributed by atoms with Crippen molar-refractivity contribution >= 4 is 16.9 Å². The van der Waals surface area contributed by atoms with Crippen LogP contribution in [0.15, 0.2) is 42.5 Å². The van der Waals surface area contributed by atoms with E-state index < -0.39 is 17.7 Å². The van der Waals surface area contributed by atoms with Crippen molar-refractivity contribution in [2.24, 2.45) is 0 Å². The first-order valence-electron chi connectivity index (χ1n) is 8.00. The lowest BCUT2D eigenvalue weighted by Crippen LogP contribution is -2.08. The number of carbonyl (C=O) groups is 1. The first kappa shape index (κ1) is 18.7. The number of halogens is 3. The van der Waals surface area contributed by atoms with Gasteiger partial charge in [-0.25, -0.2) is 9.78 Å². The number of rotatable bonds is 3. The van der Waals surface area contributed by atoms with Gasteiger partial charge < -0.3 is 9.47 Å². The molecule has 0 amide bonds. The summed E-state index contributed by atoms with van der Waals surface area (Å²) in [6.45, 7) is 1.63. The van der Waals surface area contributed by atoms with Crippen LogP contribution in [0.25, 0.3) is 22.2 Å². The number of esters is 1. The minimum atomic E-state index is -4.47. The maximum atomic E-state index is 13.1. The molecule has 7 heteroatoms. The summed E-state index contributed by atoms with van der Waals surface area (Å²) in [5, 5.41) is 0.509. The molecule has 0 saturated carbocycles. The van der Waals surface area contributed by atoms with Gasteiger partial charge in [0.1, 0.15) is 5.75 Å². The third-order valence-electron chi connectivity index (χ3n) is 4.29. The zero-order chi connectivity index (χ0) is 19.8. The Balaban J connectivity index is 2.32. The Morgan fingerprint density at radius 2 is 1.81 bits per heavy atom. The monoisotopic (exact) mass is 375 g/mol. The summed E-state index contributed by atoms with van der Waals surface area (Å²) in [7, 11) is 2.74. The zero-order valence-electron chi connectivity index (χ0n) is 14.8. The second-order valence-electron chi connectivity index (χ2n) is 5.91. The van der Waals surface area contributed by atoms with Crippen molar-refractivity contribution in [2.75, 3.05) is 14.2 Å². The summed E-state index contributed by atoms with van der Waals surface area (Å²) in [5.74, 6) is -0.0675. The Kier molecular flexibility index (Phi) is 4.78. The molecule has 0 aliphatic rings. The van der Waals surface area contributed by atoms with Gasteiger partial charge in [-0.15, -0.1) is 0 Å². The largest absolute Gasteiger partial charge is 0.497 e. The molecule has 1 heterocycles. The summed E-state index contributed by atoms with van der Waals surface area (Å²) in [4.78, 5) is 16.9. The van der Waals surface area contributed by atoms with Gasteiger partial charge >= 0.3 is 12.1 Å². The second kappa shape index (κ2) is 6.90. The van der Waals surface area contributed by atoms with Crippen LogP contribution in [0.1, 0.15) is 21.5 Å². The van der Waals surface area contributed by atoms with Gasteiger partial charge in [-0.1, -0.05) is 12.1 Å². The molecule has 0 unspecified atom stereocenters. The second-order valence-corrected chi connectivity index (χ2v) is 5.91. The lowest BCUT2D eigenvalue weighted by Gasteiger charge is -2.15. The summed E-state index contributed by atoms with van der Waals surface area (Å²) in [5.41, 5.74) is 0.907. The highest BCUT2D eigenvalue weighted by atomic mass is 19.4. The van der Waals surface area contributed by atoms with E-state index >= 15 is 0 Å². The molecule has 2 aromatic carbocycles. The van der Waals surface area contributed by atoms with Crippen molar-refractivity contribution in [1.82, 2.24) is 4.98 Å². The number of fused-ring (bicyclic) bond motifs is 1. The van der Waals surface area contributed by atoms with Crippen LogP contribution < -0.4 is 4.74 Å². The van der Waals surface area contributed by atoms with Gasteiger partial charge in [0.2, 0.25) is 0 Å². The Hall–Kier alpha value is -3.09. The number of benzene rings is 2. The minimum Gasteiger partial charge on any atom is -0.497 e. The van der Waals surface area contributed by atoms with Crippen molar-refractivity contribution in [3.05, 3.63) is 59.2 Å². The maximum absolute atomic E-state index is 13.1. The number of hydrogen-bond acceptors (Lipinski definition) is 4. The zero-order valence-corrected chi connectivity index (χ0v) is 14.8. The SMILES string of the molecule is COC(=O)c1c(C)c(-c2cccc(C(F)(F)F)c2)nc2ccc(OC)cc12. The predicted octanol–water partition coefficient (Wildman–Crippen LogP) is 5.02. The molecule has 27 heavy (non-hydrogen) atoms. The molecule has 0 fully saturated rings. The van der Waals surface area contributed by atoms with E-state index in [4.69, 9.17) is 9.47 Å². The Morgan fingerprint density at radius 3 is 2.44 bits per heavy atom. The van der Waals surface area contributed by atoms with Crippen LogP contribution in [0, 0.1) is 6.92 Å². The average Bonchev–Trinajstić information content (AvgIpc) is 2.66. The van der Waals surface area contributed by atoms with Crippen molar-refractivity contribution < 1.29 is 27.4 Å². The molecule has 0 N–H and O–H groups in total. The first-order valence-corrected chi connectivity index (χ1v) is 8.00. The Morgan fingerprint density at radius 1 is 1.07 bits per heavy atom. The number of ether oxygens (including phenoxy) is 2. The molecular weight excluding hydrogens is 359 g/mol. The van der Waals surface area contributed by atoms with E-state index in [9.17, 15) is 18.0 Å². The van der Waals surface area contributed by atoms with E-state index in [-0.39, 0.29) is 11.1 Å². The standard InChI is InChI=1S/C20H16F3NO3/c1-11-17(19(25)27-3)15-10-14(26-2)7-8-16(15)24-18(11)12-5-4-6-13(9-12)20(21,22)23/h4-10H,1-3H3. The highest BCUT2D eigenvalue weighted by Crippen LogP contribution is 2.35. The molecule has 0 radical (unpaired) electrons. The third-order valence-corrected chi connectivity index (χ3v) is 4.29. The quantitative estimate of drug-likeness (QED) is 0.603. The molecule has 3 rings (SSSR count). The van der Waals surface area contributed by atoms with Crippen molar-refractivity contribution in [3.63, 3.8) is 0 Å². The van der Waals surface area contributed by atoms with E-state index in [2.05, 4.69) is 4.98 Å². The molecule has 0 bridgehead atoms. The average molecular weight is 375 g/mol. The smallest absolute Gasteiger partial charge is 0.416 e. The Labute approximate surface area is 153 Å². The number of alkyl halides is 3. The molecule has 0 atom stereocenters. The van der Waals surface area contributed by atoms with Gasteiger partial charge in [0, 0.05) is 10.9 Å². The molecular formula is C20H16F3NO3. The van der Waals surface area contributed by atoms with E-state index in [1.54, 1.807) is 25.1 Å². The van der Waals surface area contributed by atoms with Crippen LogP contribution in [-0.4, -0.2) is 25.2 Å². The van der Waals surface area contributed by atoms with Gasteiger partial charge in [0.05, 0.1) is 36.6 Å². The van der Waals surface area contributed by atoms with Crippen LogP contribution in [0.5, 0.6) is 5.75 Å². The third kappa shape index (κ3) is 3.45. The van der Waals surface area contributed by atoms with Gasteiger partial charge in [-0.05, 0) is 42.8 Å². The molecule has 0 spiro atoms. The number of aromatic nitrogens is 1. The van der Waals surface area contributed by atoms with E-state index in [0.29, 0.717) is 27.9 Å². The molecule has 3 aromatic rings. The van der Waals surface area contributed by atoms with Crippen LogP contribution in [0.4, 0.5) is 13.2 Å². The van der Waals surface area contributed by atoms with Crippen molar-refractivity contribution in [2.45, 2.75) is 13.1 Å². The lowest BCUT2D eigenvalue weighted by atomic mass is 9.96. The van der Waals surface area contributed by atoms with Gasteiger partial charge in [-0.3, -0.25) is 0 Å². The highest BCUT2D eigenvalue weighted by molar-refractivity contribution is 6.06. The van der Waals surface area contributed by atoms with Crippen molar-refractivity contribution in [1.29, 1.82) is 0 Å². The number of hydrogen-bond donors (Lipinski definition) is 0. The first-order chi connectivity index (χ1) is 12.8. The summed E-state index contributed by atoms with van der Waals surface area (Å²) < 4.78 is 49.3. The normalized spacial score (nSPS) is 11.5. The molecule has 1 aromatic heterocycles. The van der Waals surface area contributed by atoms with Crippen molar-refractivity contribution in [3.8, 4) is 17.0 Å². The molecule has 0 aliphatic heterocycles. The van der Waals surface area contributed by atoms with Crippen LogP contribution in [-0.2, 0) is 10.9 Å². The summed E-state index contributed by atoms with van der Waals surface area (Å²) in [6.07, 6.45) is -4.47. The molecule has 140 valence electrons. The fourth-order valence-electron chi connectivity index (χ4n) is 2.95. The number of methoxy groups -OCH3 is 2. The van der Waals surface area contributed by atoms with Crippen LogP contribution >= 0.6 is 0 Å². The number of pyridine rings is 1. The minimum absolute atomic E-state index is 0.244. The van der Waals surface area contributed by atoms with E-state index in [0.717, 1.165) is 12.1 Å². The van der Waals surface area contributed by atoms with Gasteiger partial charge in [0.15, 0.2) is 0 Å².